The molecule has 1 rings (SSSR count). The molecule has 0 saturated carbocycles. The van der Waals surface area contributed by atoms with Crippen molar-refractivity contribution < 1.29 is 19.1 Å². The van der Waals surface area contributed by atoms with E-state index in [1.807, 2.05) is 6.92 Å². The zero-order valence-electron chi connectivity index (χ0n) is 9.74. The Hall–Kier alpha value is -1.33. The number of methoxy groups -OCH3 is 1. The second-order valence-corrected chi connectivity index (χ2v) is 3.73. The summed E-state index contributed by atoms with van der Waals surface area (Å²) in [5.74, 6) is -0.428. The number of hydrogen-bond acceptors (Lipinski definition) is 4. The molecule has 1 heterocycles. The Bertz CT molecular complexity index is 359. The van der Waals surface area contributed by atoms with Crippen molar-refractivity contribution in [2.24, 2.45) is 0 Å². The van der Waals surface area contributed by atoms with E-state index in [4.69, 9.17) is 14.3 Å². The monoisotopic (exact) mass is 227 g/mol. The number of carboxylic acids is 1. The molecular weight excluding hydrogens is 210 g/mol. The van der Waals surface area contributed by atoms with Gasteiger partial charge in [0.25, 0.3) is 0 Å². The highest BCUT2D eigenvalue weighted by molar-refractivity contribution is 5.84. The average molecular weight is 227 g/mol. The summed E-state index contributed by atoms with van der Waals surface area (Å²) in [7, 11) is 1.64. The lowest BCUT2D eigenvalue weighted by Crippen LogP contribution is -2.29. The lowest BCUT2D eigenvalue weighted by atomic mass is 10.2. The Labute approximate surface area is 94.4 Å². The van der Waals surface area contributed by atoms with Crippen LogP contribution in [0.15, 0.2) is 10.5 Å². The smallest absolute Gasteiger partial charge is 0.371 e. The van der Waals surface area contributed by atoms with Crippen LogP contribution in [0.4, 0.5) is 0 Å². The van der Waals surface area contributed by atoms with Gasteiger partial charge in [-0.1, -0.05) is 0 Å². The molecule has 5 nitrogen and oxygen atoms in total. The maximum atomic E-state index is 10.7. The van der Waals surface area contributed by atoms with E-state index in [2.05, 4.69) is 5.32 Å². The predicted molar refractivity (Wildman–Crippen MR) is 58.6 cm³/mol. The van der Waals surface area contributed by atoms with Gasteiger partial charge >= 0.3 is 5.97 Å². The van der Waals surface area contributed by atoms with Crippen LogP contribution in [0, 0.1) is 6.92 Å². The van der Waals surface area contributed by atoms with Gasteiger partial charge in [0.05, 0.1) is 6.61 Å². The van der Waals surface area contributed by atoms with E-state index in [-0.39, 0.29) is 11.8 Å². The first-order chi connectivity index (χ1) is 7.54. The van der Waals surface area contributed by atoms with Crippen LogP contribution in [-0.4, -0.2) is 30.8 Å². The van der Waals surface area contributed by atoms with Crippen molar-refractivity contribution >= 4 is 5.97 Å². The molecule has 2 N–H and O–H groups in total. The number of aromatic carboxylic acids is 1. The van der Waals surface area contributed by atoms with Gasteiger partial charge in [0.1, 0.15) is 5.76 Å². The largest absolute Gasteiger partial charge is 0.475 e. The van der Waals surface area contributed by atoms with Crippen molar-refractivity contribution in [1.29, 1.82) is 0 Å². The van der Waals surface area contributed by atoms with Crippen molar-refractivity contribution in [1.82, 2.24) is 5.32 Å². The molecule has 16 heavy (non-hydrogen) atoms. The van der Waals surface area contributed by atoms with Crippen LogP contribution in [0.1, 0.15) is 28.8 Å². The van der Waals surface area contributed by atoms with Gasteiger partial charge in [-0.3, -0.25) is 0 Å². The lowest BCUT2D eigenvalue weighted by molar-refractivity contribution is 0.0661. The molecule has 0 aliphatic carbocycles. The molecule has 0 saturated heterocycles. The van der Waals surface area contributed by atoms with E-state index in [0.717, 1.165) is 5.56 Å². The van der Waals surface area contributed by atoms with Crippen molar-refractivity contribution in [3.63, 3.8) is 0 Å². The molecular formula is C11H17NO4. The topological polar surface area (TPSA) is 71.7 Å². The minimum Gasteiger partial charge on any atom is -0.475 e. The normalized spacial score (nSPS) is 12.7. The first kappa shape index (κ1) is 12.7. The van der Waals surface area contributed by atoms with Gasteiger partial charge in [-0.15, -0.1) is 0 Å². The third-order valence-electron chi connectivity index (χ3n) is 2.29. The summed E-state index contributed by atoms with van der Waals surface area (Å²) in [6.45, 7) is 4.94. The van der Waals surface area contributed by atoms with Crippen molar-refractivity contribution in [3.8, 4) is 0 Å². The maximum Gasteiger partial charge on any atom is 0.371 e. The number of ether oxygens (including phenoxy) is 1. The molecule has 0 aromatic carbocycles. The summed E-state index contributed by atoms with van der Waals surface area (Å²) in [6.07, 6.45) is 0. The molecule has 0 fully saturated rings. The van der Waals surface area contributed by atoms with Gasteiger partial charge in [-0.2, -0.15) is 0 Å². The van der Waals surface area contributed by atoms with Crippen molar-refractivity contribution in [2.45, 2.75) is 26.4 Å². The quantitative estimate of drug-likeness (QED) is 0.768. The number of hydrogen-bond donors (Lipinski definition) is 2. The first-order valence-electron chi connectivity index (χ1n) is 5.09. The van der Waals surface area contributed by atoms with E-state index >= 15 is 0 Å². The molecule has 0 bridgehead atoms. The third kappa shape index (κ3) is 3.36. The average Bonchev–Trinajstić information content (AvgIpc) is 2.58. The SMILES string of the molecule is COCC(C)NCc1cc(C(=O)O)oc1C. The molecule has 1 atom stereocenters. The molecule has 0 aliphatic heterocycles. The van der Waals surface area contributed by atoms with Gasteiger partial charge in [-0.05, 0) is 19.9 Å². The molecule has 0 amide bonds. The molecule has 1 aromatic rings. The molecule has 1 aromatic heterocycles. The van der Waals surface area contributed by atoms with Crippen LogP contribution in [0.25, 0.3) is 0 Å². The van der Waals surface area contributed by atoms with Crippen molar-refractivity contribution in [3.05, 3.63) is 23.2 Å². The molecule has 0 spiro atoms. The summed E-state index contributed by atoms with van der Waals surface area (Å²) < 4.78 is 10.1. The van der Waals surface area contributed by atoms with E-state index < -0.39 is 5.97 Å². The zero-order chi connectivity index (χ0) is 12.1. The molecule has 90 valence electrons. The Balaban J connectivity index is 2.57. The van der Waals surface area contributed by atoms with E-state index in [9.17, 15) is 4.79 Å². The van der Waals surface area contributed by atoms with Gasteiger partial charge in [0, 0.05) is 25.3 Å². The van der Waals surface area contributed by atoms with Crippen molar-refractivity contribution in [2.75, 3.05) is 13.7 Å². The Morgan fingerprint density at radius 3 is 2.88 bits per heavy atom. The lowest BCUT2D eigenvalue weighted by Gasteiger charge is -2.11. The van der Waals surface area contributed by atoms with Crippen LogP contribution in [-0.2, 0) is 11.3 Å². The summed E-state index contributed by atoms with van der Waals surface area (Å²) in [6, 6.07) is 1.76. The highest BCUT2D eigenvalue weighted by atomic mass is 16.5. The van der Waals surface area contributed by atoms with E-state index in [0.29, 0.717) is 18.9 Å². The summed E-state index contributed by atoms with van der Waals surface area (Å²) >= 11 is 0. The van der Waals surface area contributed by atoms with Gasteiger partial charge in [0.15, 0.2) is 0 Å². The number of nitrogens with one attached hydrogen (secondary N) is 1. The summed E-state index contributed by atoms with van der Waals surface area (Å²) in [5, 5.41) is 12.0. The fourth-order valence-corrected chi connectivity index (χ4v) is 1.39. The van der Waals surface area contributed by atoms with Crippen LogP contribution in [0.5, 0.6) is 0 Å². The zero-order valence-corrected chi connectivity index (χ0v) is 9.74. The fourth-order valence-electron chi connectivity index (χ4n) is 1.39. The highest BCUT2D eigenvalue weighted by Gasteiger charge is 2.13. The Morgan fingerprint density at radius 2 is 2.38 bits per heavy atom. The Morgan fingerprint density at radius 1 is 1.69 bits per heavy atom. The van der Waals surface area contributed by atoms with Crippen LogP contribution < -0.4 is 5.32 Å². The number of carboxylic acid groups (broad SMARTS) is 1. The number of furan rings is 1. The van der Waals surface area contributed by atoms with Crippen LogP contribution in [0.2, 0.25) is 0 Å². The molecule has 0 aliphatic rings. The molecule has 5 heteroatoms. The second kappa shape index (κ2) is 5.67. The molecule has 0 radical (unpaired) electrons. The second-order valence-electron chi connectivity index (χ2n) is 3.73. The highest BCUT2D eigenvalue weighted by Crippen LogP contribution is 2.14. The number of rotatable bonds is 6. The van der Waals surface area contributed by atoms with Crippen LogP contribution in [0.3, 0.4) is 0 Å². The summed E-state index contributed by atoms with van der Waals surface area (Å²) in [5.41, 5.74) is 0.861. The minimum absolute atomic E-state index is 0.0197. The number of carbonyl (C=O) groups is 1. The van der Waals surface area contributed by atoms with Gasteiger partial charge in [-0.25, -0.2) is 4.79 Å². The standard InChI is InChI=1S/C11H17NO4/c1-7(6-15-3)12-5-9-4-10(11(13)14)16-8(9)2/h4,7,12H,5-6H2,1-3H3,(H,13,14). The van der Waals surface area contributed by atoms with Gasteiger partial charge in [0.2, 0.25) is 5.76 Å². The van der Waals surface area contributed by atoms with E-state index in [1.165, 1.54) is 0 Å². The van der Waals surface area contributed by atoms with Gasteiger partial charge < -0.3 is 19.6 Å². The van der Waals surface area contributed by atoms with E-state index in [1.54, 1.807) is 20.1 Å². The maximum absolute atomic E-state index is 10.7. The minimum atomic E-state index is -1.04. The first-order valence-corrected chi connectivity index (χ1v) is 5.09. The Kier molecular flexibility index (Phi) is 4.52. The third-order valence-corrected chi connectivity index (χ3v) is 2.29. The number of aryl methyl sites for hydroxylation is 1. The molecule has 1 unspecified atom stereocenters. The van der Waals surface area contributed by atoms with Crippen LogP contribution >= 0.6 is 0 Å². The predicted octanol–water partition coefficient (Wildman–Crippen LogP) is 1.41. The summed E-state index contributed by atoms with van der Waals surface area (Å²) in [4.78, 5) is 10.7. The fraction of sp³-hybridized carbons (Fsp3) is 0.545.